The average Bonchev–Trinajstić information content (AvgIpc) is 3.18. The summed E-state index contributed by atoms with van der Waals surface area (Å²) < 4.78 is 1.97. The number of aliphatic imine (C=N–C) groups is 1. The first-order valence-electron chi connectivity index (χ1n) is 9.32. The van der Waals surface area contributed by atoms with Crippen LogP contribution in [0, 0.1) is 12.8 Å². The highest BCUT2D eigenvalue weighted by atomic mass is 15.3. The maximum Gasteiger partial charge on any atom is 0.191 e. The first-order chi connectivity index (χ1) is 12.2. The molecular formula is C20H29N5. The van der Waals surface area contributed by atoms with Crippen molar-refractivity contribution in [2.75, 3.05) is 13.1 Å². The Bertz CT molecular complexity index is 704. The van der Waals surface area contributed by atoms with Crippen LogP contribution in [0.15, 0.2) is 41.5 Å². The van der Waals surface area contributed by atoms with E-state index in [1.54, 1.807) is 0 Å². The number of hydrogen-bond acceptors (Lipinski definition) is 2. The molecule has 0 bridgehead atoms. The lowest BCUT2D eigenvalue weighted by Crippen LogP contribution is -2.39. The van der Waals surface area contributed by atoms with Crippen LogP contribution in [0.2, 0.25) is 0 Å². The zero-order valence-electron chi connectivity index (χ0n) is 15.5. The Kier molecular flexibility index (Phi) is 5.74. The molecule has 0 amide bonds. The first kappa shape index (κ1) is 17.5. The van der Waals surface area contributed by atoms with Gasteiger partial charge in [-0.25, -0.2) is 4.68 Å². The third-order valence-electron chi connectivity index (χ3n) is 4.67. The molecule has 0 aliphatic heterocycles. The Morgan fingerprint density at radius 1 is 1.32 bits per heavy atom. The van der Waals surface area contributed by atoms with E-state index >= 15 is 0 Å². The van der Waals surface area contributed by atoms with Crippen molar-refractivity contribution in [2.45, 2.75) is 46.1 Å². The Morgan fingerprint density at radius 3 is 2.76 bits per heavy atom. The lowest BCUT2D eigenvalue weighted by Gasteiger charge is -2.10. The van der Waals surface area contributed by atoms with E-state index in [9.17, 15) is 0 Å². The minimum atomic E-state index is 0.601. The molecule has 2 N–H and O–H groups in total. The average molecular weight is 339 g/mol. The van der Waals surface area contributed by atoms with Crippen molar-refractivity contribution in [2.24, 2.45) is 10.9 Å². The highest BCUT2D eigenvalue weighted by Gasteiger charge is 2.33. The smallest absolute Gasteiger partial charge is 0.191 e. The molecule has 0 saturated heterocycles. The summed E-state index contributed by atoms with van der Waals surface area (Å²) in [5.41, 5.74) is 3.50. The topological polar surface area (TPSA) is 54.2 Å². The summed E-state index contributed by atoms with van der Waals surface area (Å²) >= 11 is 0. The van der Waals surface area contributed by atoms with Gasteiger partial charge in [0.2, 0.25) is 0 Å². The second kappa shape index (κ2) is 8.19. The van der Waals surface area contributed by atoms with Crippen molar-refractivity contribution >= 4 is 5.96 Å². The molecule has 1 aromatic heterocycles. The van der Waals surface area contributed by atoms with E-state index in [2.05, 4.69) is 54.8 Å². The number of aryl methyl sites for hydroxylation is 2. The third kappa shape index (κ3) is 4.84. The van der Waals surface area contributed by atoms with Crippen LogP contribution >= 0.6 is 0 Å². The zero-order valence-corrected chi connectivity index (χ0v) is 15.5. The molecular weight excluding hydrogens is 310 g/mol. The fourth-order valence-electron chi connectivity index (χ4n) is 2.93. The second-order valence-corrected chi connectivity index (χ2v) is 6.85. The maximum atomic E-state index is 4.70. The Labute approximate surface area is 150 Å². The van der Waals surface area contributed by atoms with Gasteiger partial charge in [-0.15, -0.1) is 0 Å². The molecule has 5 heteroatoms. The monoisotopic (exact) mass is 339 g/mol. The summed E-state index contributed by atoms with van der Waals surface area (Å²) in [7, 11) is 0. The summed E-state index contributed by atoms with van der Waals surface area (Å²) in [4.78, 5) is 4.70. The number of rotatable bonds is 7. The van der Waals surface area contributed by atoms with Crippen LogP contribution in [0.3, 0.4) is 0 Å². The minimum Gasteiger partial charge on any atom is -0.357 e. The molecule has 25 heavy (non-hydrogen) atoms. The molecule has 2 aromatic rings. The number of nitrogens with one attached hydrogen (secondary N) is 2. The molecule has 1 saturated carbocycles. The molecule has 2 atom stereocenters. The summed E-state index contributed by atoms with van der Waals surface area (Å²) in [5, 5.41) is 11.5. The van der Waals surface area contributed by atoms with Crippen molar-refractivity contribution in [1.82, 2.24) is 20.4 Å². The van der Waals surface area contributed by atoms with E-state index in [1.165, 1.54) is 12.0 Å². The molecule has 0 radical (unpaired) electrons. The fourth-order valence-corrected chi connectivity index (χ4v) is 2.93. The summed E-state index contributed by atoms with van der Waals surface area (Å²) in [6, 6.07) is 10.9. The van der Waals surface area contributed by atoms with Crippen LogP contribution in [0.4, 0.5) is 0 Å². The highest BCUT2D eigenvalue weighted by molar-refractivity contribution is 5.80. The standard InChI is InChI=1S/C20H29N5/c1-4-21-20(23-19-13-15(19)2)22-12-8-9-17-14-25(24-16(17)3)18-10-6-5-7-11-18/h5-7,10-11,14-15,19H,4,8-9,12-13H2,1-3H3,(H2,21,22,23). The van der Waals surface area contributed by atoms with Crippen LogP contribution in [-0.4, -0.2) is 34.9 Å². The lowest BCUT2D eigenvalue weighted by atomic mass is 10.1. The van der Waals surface area contributed by atoms with E-state index in [-0.39, 0.29) is 0 Å². The molecule has 1 aromatic carbocycles. The van der Waals surface area contributed by atoms with Gasteiger partial charge in [-0.1, -0.05) is 25.1 Å². The van der Waals surface area contributed by atoms with Crippen LogP contribution in [0.5, 0.6) is 0 Å². The number of aromatic nitrogens is 2. The predicted molar refractivity (Wildman–Crippen MR) is 103 cm³/mol. The lowest BCUT2D eigenvalue weighted by molar-refractivity contribution is 0.753. The second-order valence-electron chi connectivity index (χ2n) is 6.85. The van der Waals surface area contributed by atoms with Gasteiger partial charge in [-0.2, -0.15) is 5.10 Å². The van der Waals surface area contributed by atoms with Crippen molar-refractivity contribution in [1.29, 1.82) is 0 Å². The van der Waals surface area contributed by atoms with Gasteiger partial charge in [-0.05, 0) is 56.7 Å². The van der Waals surface area contributed by atoms with Gasteiger partial charge in [0.25, 0.3) is 0 Å². The number of hydrogen-bond donors (Lipinski definition) is 2. The zero-order chi connectivity index (χ0) is 17.6. The summed E-state index contributed by atoms with van der Waals surface area (Å²) in [6.45, 7) is 8.18. The van der Waals surface area contributed by atoms with Crippen molar-refractivity contribution < 1.29 is 0 Å². The van der Waals surface area contributed by atoms with Gasteiger partial charge in [0.15, 0.2) is 5.96 Å². The minimum absolute atomic E-state index is 0.601. The van der Waals surface area contributed by atoms with Gasteiger partial charge >= 0.3 is 0 Å². The van der Waals surface area contributed by atoms with E-state index in [0.29, 0.717) is 6.04 Å². The van der Waals surface area contributed by atoms with Crippen LogP contribution in [-0.2, 0) is 6.42 Å². The van der Waals surface area contributed by atoms with Gasteiger partial charge in [0.05, 0.1) is 11.4 Å². The number of benzene rings is 1. The van der Waals surface area contributed by atoms with E-state index in [4.69, 9.17) is 4.99 Å². The molecule has 2 unspecified atom stereocenters. The van der Waals surface area contributed by atoms with Crippen molar-refractivity contribution in [3.63, 3.8) is 0 Å². The fraction of sp³-hybridized carbons (Fsp3) is 0.500. The normalized spacial score (nSPS) is 19.7. The van der Waals surface area contributed by atoms with Crippen molar-refractivity contribution in [3.05, 3.63) is 47.8 Å². The van der Waals surface area contributed by atoms with Gasteiger partial charge in [-0.3, -0.25) is 4.99 Å². The first-order valence-corrected chi connectivity index (χ1v) is 9.32. The molecule has 0 spiro atoms. The molecule has 1 fully saturated rings. The van der Waals surface area contributed by atoms with Gasteiger partial charge in [0, 0.05) is 25.3 Å². The van der Waals surface area contributed by atoms with Gasteiger partial charge < -0.3 is 10.6 Å². The number of para-hydroxylation sites is 1. The molecule has 1 aliphatic rings. The van der Waals surface area contributed by atoms with Crippen LogP contribution in [0.1, 0.15) is 37.9 Å². The highest BCUT2D eigenvalue weighted by Crippen LogP contribution is 2.28. The third-order valence-corrected chi connectivity index (χ3v) is 4.67. The molecule has 3 rings (SSSR count). The number of nitrogens with zero attached hydrogens (tertiary/aromatic N) is 3. The van der Waals surface area contributed by atoms with E-state index < -0.39 is 0 Å². The number of guanidine groups is 1. The summed E-state index contributed by atoms with van der Waals surface area (Å²) in [5.74, 6) is 1.73. The maximum absolute atomic E-state index is 4.70. The molecule has 1 aliphatic carbocycles. The quantitative estimate of drug-likeness (QED) is 0.463. The Hall–Kier alpha value is -2.30. The van der Waals surface area contributed by atoms with Crippen LogP contribution < -0.4 is 10.6 Å². The van der Waals surface area contributed by atoms with E-state index in [1.807, 2.05) is 22.9 Å². The van der Waals surface area contributed by atoms with E-state index in [0.717, 1.165) is 49.2 Å². The summed E-state index contributed by atoms with van der Waals surface area (Å²) in [6.07, 6.45) is 5.42. The Balaban J connectivity index is 1.53. The molecule has 134 valence electrons. The van der Waals surface area contributed by atoms with Crippen molar-refractivity contribution in [3.8, 4) is 5.69 Å². The predicted octanol–water partition coefficient (Wildman–Crippen LogP) is 3.08. The SMILES string of the molecule is CCNC(=NCCCc1cn(-c2ccccc2)nc1C)NC1CC1C. The Morgan fingerprint density at radius 2 is 2.08 bits per heavy atom. The van der Waals surface area contributed by atoms with Gasteiger partial charge in [0.1, 0.15) is 0 Å². The molecule has 5 nitrogen and oxygen atoms in total. The largest absolute Gasteiger partial charge is 0.357 e. The van der Waals surface area contributed by atoms with Crippen LogP contribution in [0.25, 0.3) is 5.69 Å². The molecule has 1 heterocycles.